The van der Waals surface area contributed by atoms with Gasteiger partial charge in [0, 0.05) is 30.4 Å². The normalized spacial score (nSPS) is 16.2. The van der Waals surface area contributed by atoms with Gasteiger partial charge in [0.05, 0.1) is 29.8 Å². The number of benzene rings is 1. The lowest BCUT2D eigenvalue weighted by molar-refractivity contribution is 0.0162. The molecule has 2 aromatic heterocycles. The predicted molar refractivity (Wildman–Crippen MR) is 129 cm³/mol. The van der Waals surface area contributed by atoms with Gasteiger partial charge in [0.2, 0.25) is 0 Å². The van der Waals surface area contributed by atoms with E-state index >= 15 is 0 Å². The summed E-state index contributed by atoms with van der Waals surface area (Å²) in [4.78, 5) is 26.5. The lowest BCUT2D eigenvalue weighted by atomic mass is 9.95. The minimum Gasteiger partial charge on any atom is -0.379 e. The Morgan fingerprint density at radius 2 is 1.85 bits per heavy atom. The third-order valence-corrected chi connectivity index (χ3v) is 7.23. The molecule has 0 bridgehead atoms. The van der Waals surface area contributed by atoms with E-state index in [0.29, 0.717) is 24.6 Å². The van der Waals surface area contributed by atoms with Crippen molar-refractivity contribution in [1.82, 2.24) is 20.2 Å². The Morgan fingerprint density at radius 1 is 1.18 bits per heavy atom. The maximum absolute atomic E-state index is 13.5. The standard InChI is InChI=1S/C25H31FN4O2S/c1-15-20-16(2)28-24(25(3,4)5)29-23(20)33-21(15)22(31)27-14-19(30-10-12-32-13-11-30)17-6-8-18(26)9-7-17/h6-9,19H,10-14H2,1-5H3,(H,27,31). The zero-order valence-electron chi connectivity index (χ0n) is 19.9. The summed E-state index contributed by atoms with van der Waals surface area (Å²) in [6.45, 7) is 13.5. The van der Waals surface area contributed by atoms with Gasteiger partial charge < -0.3 is 10.1 Å². The molecule has 1 atom stereocenters. The zero-order valence-corrected chi connectivity index (χ0v) is 20.7. The van der Waals surface area contributed by atoms with Crippen LogP contribution in [0.2, 0.25) is 0 Å². The van der Waals surface area contributed by atoms with Gasteiger partial charge in [-0.3, -0.25) is 9.69 Å². The number of fused-ring (bicyclic) bond motifs is 1. The van der Waals surface area contributed by atoms with Gasteiger partial charge in [-0.1, -0.05) is 32.9 Å². The van der Waals surface area contributed by atoms with Crippen LogP contribution < -0.4 is 5.32 Å². The summed E-state index contributed by atoms with van der Waals surface area (Å²) in [5, 5.41) is 4.08. The molecule has 4 rings (SSSR count). The maximum Gasteiger partial charge on any atom is 0.261 e. The van der Waals surface area contributed by atoms with Crippen LogP contribution in [-0.4, -0.2) is 53.6 Å². The maximum atomic E-state index is 13.5. The Balaban J connectivity index is 1.59. The molecule has 1 saturated heterocycles. The number of carbonyl (C=O) groups excluding carboxylic acids is 1. The van der Waals surface area contributed by atoms with E-state index in [2.05, 4.69) is 31.0 Å². The van der Waals surface area contributed by atoms with Crippen molar-refractivity contribution in [1.29, 1.82) is 0 Å². The van der Waals surface area contributed by atoms with Crippen molar-refractivity contribution >= 4 is 27.5 Å². The number of halogens is 1. The van der Waals surface area contributed by atoms with Crippen LogP contribution in [0.5, 0.6) is 0 Å². The molecule has 0 spiro atoms. The molecule has 0 radical (unpaired) electrons. The van der Waals surface area contributed by atoms with E-state index in [0.717, 1.165) is 46.0 Å². The van der Waals surface area contributed by atoms with Crippen LogP contribution in [0.25, 0.3) is 10.2 Å². The summed E-state index contributed by atoms with van der Waals surface area (Å²) in [6, 6.07) is 6.46. The van der Waals surface area contributed by atoms with E-state index in [1.54, 1.807) is 12.1 Å². The van der Waals surface area contributed by atoms with Gasteiger partial charge in [0.1, 0.15) is 16.5 Å². The molecule has 0 aliphatic carbocycles. The van der Waals surface area contributed by atoms with Gasteiger partial charge in [-0.25, -0.2) is 14.4 Å². The number of morpholine rings is 1. The summed E-state index contributed by atoms with van der Waals surface area (Å²) in [5.41, 5.74) is 2.62. The van der Waals surface area contributed by atoms with Crippen molar-refractivity contribution in [3.8, 4) is 0 Å². The minimum atomic E-state index is -0.268. The highest BCUT2D eigenvalue weighted by Crippen LogP contribution is 2.33. The monoisotopic (exact) mass is 470 g/mol. The van der Waals surface area contributed by atoms with Crippen molar-refractivity contribution in [3.05, 3.63) is 57.6 Å². The van der Waals surface area contributed by atoms with Gasteiger partial charge in [-0.05, 0) is 37.1 Å². The first-order valence-electron chi connectivity index (χ1n) is 11.3. The fraction of sp³-hybridized carbons (Fsp3) is 0.480. The quantitative estimate of drug-likeness (QED) is 0.593. The van der Waals surface area contributed by atoms with Crippen LogP contribution in [0.1, 0.15) is 59.1 Å². The molecule has 0 saturated carbocycles. The summed E-state index contributed by atoms with van der Waals surface area (Å²) >= 11 is 1.42. The zero-order chi connectivity index (χ0) is 23.8. The number of ether oxygens (including phenoxy) is 1. The number of aryl methyl sites for hydroxylation is 2. The number of carbonyl (C=O) groups is 1. The molecular formula is C25H31FN4O2S. The van der Waals surface area contributed by atoms with Crippen molar-refractivity contribution in [3.63, 3.8) is 0 Å². The van der Waals surface area contributed by atoms with Crippen LogP contribution in [-0.2, 0) is 10.2 Å². The fourth-order valence-corrected chi connectivity index (χ4v) is 5.34. The number of amides is 1. The molecule has 6 nitrogen and oxygen atoms in total. The first kappa shape index (κ1) is 23.7. The van der Waals surface area contributed by atoms with E-state index < -0.39 is 0 Å². The molecular weight excluding hydrogens is 439 g/mol. The van der Waals surface area contributed by atoms with E-state index in [-0.39, 0.29) is 23.2 Å². The molecule has 1 aliphatic heterocycles. The molecule has 3 aromatic rings. The van der Waals surface area contributed by atoms with Crippen LogP contribution in [0, 0.1) is 19.7 Å². The van der Waals surface area contributed by atoms with Crippen molar-refractivity contribution in [2.75, 3.05) is 32.8 Å². The Labute approximate surface area is 198 Å². The second kappa shape index (κ2) is 9.44. The average Bonchev–Trinajstić information content (AvgIpc) is 3.12. The Morgan fingerprint density at radius 3 is 2.48 bits per heavy atom. The summed E-state index contributed by atoms with van der Waals surface area (Å²) in [7, 11) is 0. The molecule has 176 valence electrons. The number of rotatable bonds is 5. The van der Waals surface area contributed by atoms with Crippen molar-refractivity contribution in [2.24, 2.45) is 0 Å². The number of nitrogens with zero attached hydrogens (tertiary/aromatic N) is 3. The Bertz CT molecular complexity index is 1150. The molecule has 1 unspecified atom stereocenters. The molecule has 1 amide bonds. The highest BCUT2D eigenvalue weighted by Gasteiger charge is 2.26. The highest BCUT2D eigenvalue weighted by molar-refractivity contribution is 7.20. The van der Waals surface area contributed by atoms with Crippen LogP contribution in [0.3, 0.4) is 0 Å². The minimum absolute atomic E-state index is 0.0536. The van der Waals surface area contributed by atoms with Gasteiger partial charge in [-0.2, -0.15) is 0 Å². The molecule has 1 aliphatic rings. The van der Waals surface area contributed by atoms with Gasteiger partial charge in [0.25, 0.3) is 5.91 Å². The van der Waals surface area contributed by atoms with E-state index in [1.165, 1.54) is 23.5 Å². The number of hydrogen-bond acceptors (Lipinski definition) is 6. The van der Waals surface area contributed by atoms with Crippen molar-refractivity contribution in [2.45, 2.75) is 46.1 Å². The lowest BCUT2D eigenvalue weighted by Crippen LogP contribution is -2.43. The third-order valence-electron chi connectivity index (χ3n) is 6.05. The molecule has 1 aromatic carbocycles. The van der Waals surface area contributed by atoms with Crippen molar-refractivity contribution < 1.29 is 13.9 Å². The second-order valence-corrected chi connectivity index (χ2v) is 10.5. The summed E-state index contributed by atoms with van der Waals surface area (Å²) in [5.74, 6) is 0.396. The lowest BCUT2D eigenvalue weighted by Gasteiger charge is -2.35. The Hall–Kier alpha value is -2.42. The highest BCUT2D eigenvalue weighted by atomic mass is 32.1. The van der Waals surface area contributed by atoms with Crippen LogP contribution >= 0.6 is 11.3 Å². The number of nitrogens with one attached hydrogen (secondary N) is 1. The van der Waals surface area contributed by atoms with E-state index in [4.69, 9.17) is 14.7 Å². The molecule has 1 N–H and O–H groups in total. The number of hydrogen-bond donors (Lipinski definition) is 1. The Kier molecular flexibility index (Phi) is 6.79. The van der Waals surface area contributed by atoms with Gasteiger partial charge >= 0.3 is 0 Å². The van der Waals surface area contributed by atoms with Gasteiger partial charge in [-0.15, -0.1) is 11.3 Å². The molecule has 33 heavy (non-hydrogen) atoms. The van der Waals surface area contributed by atoms with Crippen LogP contribution in [0.4, 0.5) is 4.39 Å². The SMILES string of the molecule is Cc1nc(C(C)(C)C)nc2sc(C(=O)NCC(c3ccc(F)cc3)N3CCOCC3)c(C)c12. The van der Waals surface area contributed by atoms with Gasteiger partial charge in [0.15, 0.2) is 0 Å². The topological polar surface area (TPSA) is 67.4 Å². The molecule has 1 fully saturated rings. The van der Waals surface area contributed by atoms with E-state index in [1.807, 2.05) is 13.8 Å². The first-order chi connectivity index (χ1) is 15.6. The summed E-state index contributed by atoms with van der Waals surface area (Å²) < 4.78 is 19.0. The van der Waals surface area contributed by atoms with Crippen LogP contribution in [0.15, 0.2) is 24.3 Å². The molecule has 3 heterocycles. The second-order valence-electron chi connectivity index (χ2n) is 9.54. The third kappa shape index (κ3) is 5.08. The molecule has 8 heteroatoms. The number of aromatic nitrogens is 2. The fourth-order valence-electron chi connectivity index (χ4n) is 4.19. The van der Waals surface area contributed by atoms with E-state index in [9.17, 15) is 9.18 Å². The first-order valence-corrected chi connectivity index (χ1v) is 12.1. The smallest absolute Gasteiger partial charge is 0.261 e. The number of thiophene rings is 1. The average molecular weight is 471 g/mol. The largest absolute Gasteiger partial charge is 0.379 e. The summed E-state index contributed by atoms with van der Waals surface area (Å²) in [6.07, 6.45) is 0. The predicted octanol–water partition coefficient (Wildman–Crippen LogP) is 4.55.